The Morgan fingerprint density at radius 1 is 1.17 bits per heavy atom. The summed E-state index contributed by atoms with van der Waals surface area (Å²) >= 11 is 0. The smallest absolute Gasteiger partial charge is 0.396 e. The molecule has 0 aliphatic heterocycles. The third-order valence-electron chi connectivity index (χ3n) is 3.40. The first-order valence-corrected chi connectivity index (χ1v) is 7.42. The van der Waals surface area contributed by atoms with Gasteiger partial charge in [0.2, 0.25) is 0 Å². The maximum absolute atomic E-state index is 12.6. The van der Waals surface area contributed by atoms with Crippen molar-refractivity contribution in [3.8, 4) is 0 Å². The summed E-state index contributed by atoms with van der Waals surface area (Å²) in [5.41, 5.74) is -1.29. The van der Waals surface area contributed by atoms with Gasteiger partial charge in [0.15, 0.2) is 0 Å². The quantitative estimate of drug-likeness (QED) is 0.547. The normalized spacial score (nSPS) is 11.9. The van der Waals surface area contributed by atoms with E-state index in [1.165, 1.54) is 6.07 Å². The highest BCUT2D eigenvalue weighted by molar-refractivity contribution is 6.39. The lowest BCUT2D eigenvalue weighted by molar-refractivity contribution is -0.137. The Kier molecular flexibility index (Phi) is 6.77. The molecule has 0 heterocycles. The van der Waals surface area contributed by atoms with Gasteiger partial charge in [-0.3, -0.25) is 9.59 Å². The number of nitrogens with one attached hydrogen (secondary N) is 2. The maximum atomic E-state index is 12.6. The number of aliphatic hydroxyl groups excluding tert-OH is 1. The molecule has 8 heteroatoms. The molecule has 0 unspecified atom stereocenters. The third-order valence-corrected chi connectivity index (χ3v) is 3.40. The van der Waals surface area contributed by atoms with Gasteiger partial charge in [-0.2, -0.15) is 13.2 Å². The second kappa shape index (κ2) is 8.14. The molecule has 2 amide bonds. The van der Waals surface area contributed by atoms with Crippen molar-refractivity contribution in [2.24, 2.45) is 5.41 Å². The lowest BCUT2D eigenvalue weighted by Gasteiger charge is -2.21. The van der Waals surface area contributed by atoms with E-state index in [2.05, 4.69) is 10.6 Å². The Labute approximate surface area is 138 Å². The molecule has 1 aromatic carbocycles. The zero-order chi connectivity index (χ0) is 18.4. The van der Waals surface area contributed by atoms with Crippen LogP contribution in [-0.2, 0) is 15.8 Å². The van der Waals surface area contributed by atoms with Gasteiger partial charge in [0.25, 0.3) is 0 Å². The highest BCUT2D eigenvalue weighted by Crippen LogP contribution is 2.30. The van der Waals surface area contributed by atoms with Gasteiger partial charge < -0.3 is 15.7 Å². The van der Waals surface area contributed by atoms with Gasteiger partial charge in [-0.15, -0.1) is 0 Å². The molecule has 0 bridgehead atoms. The first kappa shape index (κ1) is 20.0. The molecule has 0 saturated carbocycles. The molecule has 0 radical (unpaired) electrons. The average molecular weight is 346 g/mol. The molecule has 0 aromatic heterocycles. The van der Waals surface area contributed by atoms with Crippen LogP contribution in [0, 0.1) is 5.41 Å². The van der Waals surface area contributed by atoms with Gasteiger partial charge in [-0.05, 0) is 36.5 Å². The number of benzene rings is 1. The predicted octanol–water partition coefficient (Wildman–Crippen LogP) is 2.56. The summed E-state index contributed by atoms with van der Waals surface area (Å²) in [5, 5.41) is 13.6. The van der Waals surface area contributed by atoms with E-state index in [1.807, 2.05) is 13.8 Å². The molecule has 0 aliphatic rings. The topological polar surface area (TPSA) is 78.4 Å². The molecule has 3 N–H and O–H groups in total. The van der Waals surface area contributed by atoms with Crippen LogP contribution in [0.2, 0.25) is 0 Å². The van der Waals surface area contributed by atoms with Crippen molar-refractivity contribution in [3.05, 3.63) is 29.8 Å². The van der Waals surface area contributed by atoms with Gasteiger partial charge in [0, 0.05) is 18.8 Å². The maximum Gasteiger partial charge on any atom is 0.416 e. The molecular formula is C16H21F3N2O3. The van der Waals surface area contributed by atoms with Crippen molar-refractivity contribution < 1.29 is 27.9 Å². The minimum Gasteiger partial charge on any atom is -0.396 e. The van der Waals surface area contributed by atoms with Gasteiger partial charge in [-0.25, -0.2) is 0 Å². The van der Waals surface area contributed by atoms with E-state index in [4.69, 9.17) is 5.11 Å². The monoisotopic (exact) mass is 346 g/mol. The zero-order valence-electron chi connectivity index (χ0n) is 13.5. The summed E-state index contributed by atoms with van der Waals surface area (Å²) in [7, 11) is 0. The van der Waals surface area contributed by atoms with Crippen LogP contribution >= 0.6 is 0 Å². The van der Waals surface area contributed by atoms with Crippen molar-refractivity contribution >= 4 is 17.5 Å². The number of anilines is 1. The predicted molar refractivity (Wildman–Crippen MR) is 83.2 cm³/mol. The van der Waals surface area contributed by atoms with E-state index in [-0.39, 0.29) is 24.3 Å². The lowest BCUT2D eigenvalue weighted by Crippen LogP contribution is -2.36. The van der Waals surface area contributed by atoms with Crippen LogP contribution in [-0.4, -0.2) is 30.1 Å². The fourth-order valence-corrected chi connectivity index (χ4v) is 1.89. The first-order chi connectivity index (χ1) is 11.0. The van der Waals surface area contributed by atoms with Crippen LogP contribution in [0.1, 0.15) is 32.3 Å². The number of hydrogen-bond acceptors (Lipinski definition) is 3. The molecule has 24 heavy (non-hydrogen) atoms. The number of carbonyl (C=O) groups is 2. The van der Waals surface area contributed by atoms with E-state index in [0.29, 0.717) is 12.8 Å². The highest BCUT2D eigenvalue weighted by Gasteiger charge is 2.30. The number of alkyl halides is 3. The van der Waals surface area contributed by atoms with Crippen molar-refractivity contribution in [1.29, 1.82) is 0 Å². The molecule has 0 aliphatic carbocycles. The van der Waals surface area contributed by atoms with Crippen molar-refractivity contribution in [3.63, 3.8) is 0 Å². The summed E-state index contributed by atoms with van der Waals surface area (Å²) in [6, 6.07) is 4.05. The van der Waals surface area contributed by atoms with Crippen LogP contribution < -0.4 is 10.6 Å². The second-order valence-electron chi connectivity index (χ2n) is 6.21. The Bertz CT molecular complexity index is 586. The van der Waals surface area contributed by atoms with Gasteiger partial charge in [0.1, 0.15) is 0 Å². The first-order valence-electron chi connectivity index (χ1n) is 7.42. The van der Waals surface area contributed by atoms with Crippen LogP contribution in [0.4, 0.5) is 18.9 Å². The second-order valence-corrected chi connectivity index (χ2v) is 6.21. The largest absolute Gasteiger partial charge is 0.416 e. The third kappa shape index (κ3) is 6.57. The van der Waals surface area contributed by atoms with Crippen molar-refractivity contribution in [2.75, 3.05) is 18.5 Å². The van der Waals surface area contributed by atoms with Crippen LogP contribution in [0.15, 0.2) is 24.3 Å². The zero-order valence-corrected chi connectivity index (χ0v) is 13.5. The molecule has 0 spiro atoms. The van der Waals surface area contributed by atoms with Gasteiger partial charge in [-0.1, -0.05) is 19.9 Å². The number of amides is 2. The van der Waals surface area contributed by atoms with Crippen molar-refractivity contribution in [2.45, 2.75) is 32.9 Å². The summed E-state index contributed by atoms with van der Waals surface area (Å²) in [6.45, 7) is 3.99. The minimum absolute atomic E-state index is 0.0109. The van der Waals surface area contributed by atoms with E-state index in [9.17, 15) is 22.8 Å². The number of aliphatic hydroxyl groups is 1. The number of carbonyl (C=O) groups excluding carboxylic acids is 2. The van der Waals surface area contributed by atoms with E-state index < -0.39 is 23.6 Å². The highest BCUT2D eigenvalue weighted by atomic mass is 19.4. The minimum atomic E-state index is -4.53. The lowest BCUT2D eigenvalue weighted by atomic mass is 9.89. The molecule has 5 nitrogen and oxygen atoms in total. The fraction of sp³-hybridized carbons (Fsp3) is 0.500. The molecule has 0 saturated heterocycles. The van der Waals surface area contributed by atoms with Crippen LogP contribution in [0.5, 0.6) is 0 Å². The summed E-state index contributed by atoms with van der Waals surface area (Å²) in [4.78, 5) is 23.3. The average Bonchev–Trinajstić information content (AvgIpc) is 2.50. The molecular weight excluding hydrogens is 325 g/mol. The van der Waals surface area contributed by atoms with Gasteiger partial charge in [0.05, 0.1) is 5.56 Å². The summed E-state index contributed by atoms with van der Waals surface area (Å²) in [5.74, 6) is -1.95. The fourth-order valence-electron chi connectivity index (χ4n) is 1.89. The molecule has 1 rings (SSSR count). The standard InChI is InChI=1S/C16H21F3N2O3/c1-15(2,10-22)7-4-8-20-13(23)14(24)21-12-6-3-5-11(9-12)16(17,18)19/h3,5-6,9,22H,4,7-8,10H2,1-2H3,(H,20,23)(H,21,24). The molecule has 1 aromatic rings. The number of halogens is 3. The Hall–Kier alpha value is -2.09. The van der Waals surface area contributed by atoms with Crippen LogP contribution in [0.3, 0.4) is 0 Å². The van der Waals surface area contributed by atoms with E-state index in [0.717, 1.165) is 18.2 Å². The Balaban J connectivity index is 2.49. The number of rotatable bonds is 6. The van der Waals surface area contributed by atoms with E-state index in [1.54, 1.807) is 0 Å². The Morgan fingerprint density at radius 3 is 2.42 bits per heavy atom. The molecule has 0 atom stereocenters. The van der Waals surface area contributed by atoms with E-state index >= 15 is 0 Å². The van der Waals surface area contributed by atoms with Crippen molar-refractivity contribution in [1.82, 2.24) is 5.32 Å². The molecule has 134 valence electrons. The summed E-state index contributed by atoms with van der Waals surface area (Å²) < 4.78 is 37.8. The van der Waals surface area contributed by atoms with Gasteiger partial charge >= 0.3 is 18.0 Å². The molecule has 0 fully saturated rings. The SMILES string of the molecule is CC(C)(CO)CCCNC(=O)C(=O)Nc1cccc(C(F)(F)F)c1. The Morgan fingerprint density at radius 2 is 1.83 bits per heavy atom. The van der Waals surface area contributed by atoms with Crippen LogP contribution in [0.25, 0.3) is 0 Å². The summed E-state index contributed by atoms with van der Waals surface area (Å²) in [6.07, 6.45) is -3.31. The number of hydrogen-bond donors (Lipinski definition) is 3.